The molecule has 0 amide bonds. The number of anilines is 2. The van der Waals surface area contributed by atoms with Gasteiger partial charge in [-0.3, -0.25) is 4.98 Å². The molecule has 4 heterocycles. The lowest BCUT2D eigenvalue weighted by Gasteiger charge is -2.37. The number of aromatic nitrogens is 2. The number of halogens is 3. The van der Waals surface area contributed by atoms with E-state index in [1.54, 1.807) is 12.4 Å². The van der Waals surface area contributed by atoms with Crippen molar-refractivity contribution in [2.24, 2.45) is 5.92 Å². The lowest BCUT2D eigenvalue weighted by molar-refractivity contribution is -0.141. The summed E-state index contributed by atoms with van der Waals surface area (Å²) in [4.78, 5) is 12.0. The van der Waals surface area contributed by atoms with Crippen molar-refractivity contribution in [2.45, 2.75) is 44.1 Å². The zero-order valence-corrected chi connectivity index (χ0v) is 17.2. The van der Waals surface area contributed by atoms with Crippen molar-refractivity contribution in [1.82, 2.24) is 9.97 Å². The maximum atomic E-state index is 12.7. The van der Waals surface area contributed by atoms with Crippen LogP contribution in [0.3, 0.4) is 0 Å². The van der Waals surface area contributed by atoms with Crippen molar-refractivity contribution in [3.05, 3.63) is 48.0 Å². The first-order chi connectivity index (χ1) is 14.8. The second kappa shape index (κ2) is 9.00. The minimum absolute atomic E-state index is 0.0389. The highest BCUT2D eigenvalue weighted by molar-refractivity contribution is 5.54. The van der Waals surface area contributed by atoms with E-state index in [4.69, 9.17) is 0 Å². The van der Waals surface area contributed by atoms with Crippen LogP contribution in [0.1, 0.15) is 43.0 Å². The standard InChI is InChI=1S/C22H27F3N4O2/c23-22(24,25)20-2-1-16(13-27-20)28-9-4-15(5-10-28)21(31)18-14-26-8-3-19(18)29-11-6-17(30)7-12-29/h1-3,8,13-15,17,21,30-31H,4-7,9-12H2. The smallest absolute Gasteiger partial charge is 0.393 e. The molecule has 4 rings (SSSR count). The fraction of sp³-hybridized carbons (Fsp3) is 0.545. The average molecular weight is 436 g/mol. The largest absolute Gasteiger partial charge is 0.433 e. The fourth-order valence-corrected chi connectivity index (χ4v) is 4.49. The SMILES string of the molecule is OC1CCN(c2ccncc2C(O)C2CCN(c3ccc(C(F)(F)F)nc3)CC2)CC1. The number of rotatable bonds is 4. The first-order valence-electron chi connectivity index (χ1n) is 10.7. The molecule has 31 heavy (non-hydrogen) atoms. The van der Waals surface area contributed by atoms with Gasteiger partial charge in [-0.05, 0) is 49.8 Å². The van der Waals surface area contributed by atoms with E-state index in [-0.39, 0.29) is 12.0 Å². The van der Waals surface area contributed by atoms with Gasteiger partial charge in [0.15, 0.2) is 0 Å². The van der Waals surface area contributed by atoms with Gasteiger partial charge in [-0.15, -0.1) is 0 Å². The molecule has 168 valence electrons. The van der Waals surface area contributed by atoms with Gasteiger partial charge in [0.1, 0.15) is 5.69 Å². The van der Waals surface area contributed by atoms with Crippen molar-refractivity contribution in [3.63, 3.8) is 0 Å². The summed E-state index contributed by atoms with van der Waals surface area (Å²) in [7, 11) is 0. The molecule has 9 heteroatoms. The van der Waals surface area contributed by atoms with Gasteiger partial charge in [0, 0.05) is 49.8 Å². The summed E-state index contributed by atoms with van der Waals surface area (Å²) in [6, 6.07) is 4.38. The van der Waals surface area contributed by atoms with E-state index < -0.39 is 18.0 Å². The molecule has 2 aliphatic heterocycles. The van der Waals surface area contributed by atoms with Crippen LogP contribution in [0, 0.1) is 5.92 Å². The van der Waals surface area contributed by atoms with Gasteiger partial charge in [-0.25, -0.2) is 4.98 Å². The Bertz CT molecular complexity index is 862. The first-order valence-corrected chi connectivity index (χ1v) is 10.7. The van der Waals surface area contributed by atoms with E-state index in [1.165, 1.54) is 12.3 Å². The molecule has 2 aliphatic rings. The summed E-state index contributed by atoms with van der Waals surface area (Å²) in [6.07, 6.45) is 2.18. The first kappa shape index (κ1) is 21.8. The van der Waals surface area contributed by atoms with Gasteiger partial charge in [-0.2, -0.15) is 13.2 Å². The van der Waals surface area contributed by atoms with Crippen LogP contribution in [-0.4, -0.2) is 52.5 Å². The summed E-state index contributed by atoms with van der Waals surface area (Å²) in [5, 5.41) is 20.9. The third-order valence-electron chi connectivity index (χ3n) is 6.34. The fourth-order valence-electron chi connectivity index (χ4n) is 4.49. The third-order valence-corrected chi connectivity index (χ3v) is 6.34. The third kappa shape index (κ3) is 4.93. The predicted molar refractivity (Wildman–Crippen MR) is 111 cm³/mol. The highest BCUT2D eigenvalue weighted by atomic mass is 19.4. The van der Waals surface area contributed by atoms with Crippen LogP contribution >= 0.6 is 0 Å². The molecule has 0 saturated carbocycles. The maximum absolute atomic E-state index is 12.7. The zero-order chi connectivity index (χ0) is 22.0. The van der Waals surface area contributed by atoms with Gasteiger partial charge in [-0.1, -0.05) is 0 Å². The van der Waals surface area contributed by atoms with Crippen molar-refractivity contribution in [3.8, 4) is 0 Å². The second-order valence-electron chi connectivity index (χ2n) is 8.32. The Kier molecular flexibility index (Phi) is 6.34. The number of aliphatic hydroxyl groups excluding tert-OH is 2. The van der Waals surface area contributed by atoms with Gasteiger partial charge in [0.2, 0.25) is 0 Å². The van der Waals surface area contributed by atoms with Gasteiger partial charge in [0.05, 0.1) is 24.1 Å². The summed E-state index contributed by atoms with van der Waals surface area (Å²) in [5.74, 6) is 0.0389. The molecule has 0 spiro atoms. The summed E-state index contributed by atoms with van der Waals surface area (Å²) in [6.45, 7) is 2.76. The van der Waals surface area contributed by atoms with Crippen LogP contribution in [0.15, 0.2) is 36.8 Å². The average Bonchev–Trinajstić information content (AvgIpc) is 2.79. The van der Waals surface area contributed by atoms with E-state index >= 15 is 0 Å². The van der Waals surface area contributed by atoms with E-state index in [0.29, 0.717) is 31.6 Å². The molecule has 1 atom stereocenters. The van der Waals surface area contributed by atoms with Crippen LogP contribution in [0.25, 0.3) is 0 Å². The topological polar surface area (TPSA) is 72.7 Å². The van der Waals surface area contributed by atoms with E-state index in [0.717, 1.165) is 43.2 Å². The minimum atomic E-state index is -4.44. The molecule has 2 fully saturated rings. The minimum Gasteiger partial charge on any atom is -0.393 e. The molecule has 0 aromatic carbocycles. The molecule has 0 aliphatic carbocycles. The van der Waals surface area contributed by atoms with E-state index in [9.17, 15) is 23.4 Å². The Balaban J connectivity index is 1.40. The van der Waals surface area contributed by atoms with Gasteiger partial charge >= 0.3 is 6.18 Å². The number of alkyl halides is 3. The summed E-state index contributed by atoms with van der Waals surface area (Å²) >= 11 is 0. The van der Waals surface area contributed by atoms with Crippen molar-refractivity contribution in [1.29, 1.82) is 0 Å². The van der Waals surface area contributed by atoms with Crippen molar-refractivity contribution >= 4 is 11.4 Å². The number of hydrogen-bond acceptors (Lipinski definition) is 6. The number of piperidine rings is 2. The Hall–Kier alpha value is -2.39. The molecular weight excluding hydrogens is 409 g/mol. The number of nitrogens with zero attached hydrogens (tertiary/aromatic N) is 4. The second-order valence-corrected chi connectivity index (χ2v) is 8.32. The number of pyridine rings is 2. The van der Waals surface area contributed by atoms with Crippen LogP contribution in [0.5, 0.6) is 0 Å². The normalized spacial score (nSPS) is 20.2. The summed E-state index contributed by atoms with van der Waals surface area (Å²) in [5.41, 5.74) is 1.53. The van der Waals surface area contributed by atoms with Crippen LogP contribution < -0.4 is 9.80 Å². The van der Waals surface area contributed by atoms with E-state index in [1.807, 2.05) is 11.0 Å². The molecular formula is C22H27F3N4O2. The predicted octanol–water partition coefficient (Wildman–Crippen LogP) is 3.41. The highest BCUT2D eigenvalue weighted by Gasteiger charge is 2.33. The monoisotopic (exact) mass is 436 g/mol. The summed E-state index contributed by atoms with van der Waals surface area (Å²) < 4.78 is 38.2. The Morgan fingerprint density at radius 3 is 2.23 bits per heavy atom. The lowest BCUT2D eigenvalue weighted by Crippen LogP contribution is -2.38. The lowest BCUT2D eigenvalue weighted by atomic mass is 9.87. The van der Waals surface area contributed by atoms with Gasteiger partial charge < -0.3 is 20.0 Å². The van der Waals surface area contributed by atoms with Crippen molar-refractivity contribution < 1.29 is 23.4 Å². The Morgan fingerprint density at radius 2 is 1.61 bits per heavy atom. The van der Waals surface area contributed by atoms with E-state index in [2.05, 4.69) is 14.9 Å². The molecule has 2 aromatic rings. The Labute approximate surface area is 179 Å². The quantitative estimate of drug-likeness (QED) is 0.766. The molecule has 0 bridgehead atoms. The Morgan fingerprint density at radius 1 is 0.935 bits per heavy atom. The number of aliphatic hydroxyl groups is 2. The maximum Gasteiger partial charge on any atom is 0.433 e. The van der Waals surface area contributed by atoms with Crippen LogP contribution in [0.4, 0.5) is 24.5 Å². The molecule has 2 saturated heterocycles. The molecule has 2 N–H and O–H groups in total. The molecule has 1 unspecified atom stereocenters. The molecule has 0 radical (unpaired) electrons. The molecule has 6 nitrogen and oxygen atoms in total. The van der Waals surface area contributed by atoms with Crippen molar-refractivity contribution in [2.75, 3.05) is 36.0 Å². The highest BCUT2D eigenvalue weighted by Crippen LogP contribution is 2.37. The zero-order valence-electron chi connectivity index (χ0n) is 17.2. The molecule has 2 aromatic heterocycles. The van der Waals surface area contributed by atoms with Crippen LogP contribution in [0.2, 0.25) is 0 Å². The van der Waals surface area contributed by atoms with Crippen LogP contribution in [-0.2, 0) is 6.18 Å². The van der Waals surface area contributed by atoms with Gasteiger partial charge in [0.25, 0.3) is 0 Å². The number of hydrogen-bond donors (Lipinski definition) is 2.